The highest BCUT2D eigenvalue weighted by molar-refractivity contribution is 7.11. The molecule has 0 fully saturated rings. The van der Waals surface area contributed by atoms with Crippen molar-refractivity contribution in [2.45, 2.75) is 39.3 Å². The summed E-state index contributed by atoms with van der Waals surface area (Å²) >= 11 is 7.42. The van der Waals surface area contributed by atoms with E-state index in [2.05, 4.69) is 36.3 Å². The summed E-state index contributed by atoms with van der Waals surface area (Å²) in [7, 11) is 0. The fourth-order valence-corrected chi connectivity index (χ4v) is 2.55. The summed E-state index contributed by atoms with van der Waals surface area (Å²) in [5, 5.41) is 14.4. The van der Waals surface area contributed by atoms with Crippen LogP contribution in [0.4, 0.5) is 0 Å². The van der Waals surface area contributed by atoms with Gasteiger partial charge in [-0.15, -0.1) is 10.2 Å². The van der Waals surface area contributed by atoms with Crippen molar-refractivity contribution in [2.75, 3.05) is 6.54 Å². The van der Waals surface area contributed by atoms with Crippen LogP contribution >= 0.6 is 22.9 Å². The predicted molar refractivity (Wildman–Crippen MR) is 87.2 cm³/mol. The van der Waals surface area contributed by atoms with Crippen molar-refractivity contribution in [3.63, 3.8) is 0 Å². The Kier molecular flexibility index (Phi) is 5.56. The Balaban J connectivity index is 1.79. The largest absolute Gasteiger partial charge is 0.486 e. The minimum Gasteiger partial charge on any atom is -0.486 e. The van der Waals surface area contributed by atoms with Gasteiger partial charge in [-0.25, -0.2) is 0 Å². The lowest BCUT2D eigenvalue weighted by Gasteiger charge is -2.19. The van der Waals surface area contributed by atoms with E-state index in [1.54, 1.807) is 23.5 Å². The minimum absolute atomic E-state index is 0.130. The summed E-state index contributed by atoms with van der Waals surface area (Å²) in [5.74, 6) is 0.783. The van der Waals surface area contributed by atoms with Crippen LogP contribution in [0.25, 0.3) is 0 Å². The SMILES string of the molecule is CC(C)(C)NCCc1nnc(COc2ccc(Cl)cc2)s1. The molecule has 0 saturated carbocycles. The monoisotopic (exact) mass is 325 g/mol. The molecule has 114 valence electrons. The molecule has 0 saturated heterocycles. The molecular weight excluding hydrogens is 306 g/mol. The number of hydrogen-bond donors (Lipinski definition) is 1. The molecule has 0 aliphatic rings. The molecular formula is C15H20ClN3OS. The molecule has 1 N–H and O–H groups in total. The molecule has 0 spiro atoms. The van der Waals surface area contributed by atoms with Crippen molar-refractivity contribution < 1.29 is 4.74 Å². The molecule has 0 amide bonds. The zero-order valence-electron chi connectivity index (χ0n) is 12.5. The molecule has 4 nitrogen and oxygen atoms in total. The van der Waals surface area contributed by atoms with Crippen LogP contribution in [0.5, 0.6) is 5.75 Å². The van der Waals surface area contributed by atoms with E-state index in [1.807, 2.05) is 12.1 Å². The second-order valence-corrected chi connectivity index (χ2v) is 7.34. The molecule has 0 bridgehead atoms. The maximum atomic E-state index is 5.83. The van der Waals surface area contributed by atoms with E-state index in [9.17, 15) is 0 Å². The van der Waals surface area contributed by atoms with Gasteiger partial charge >= 0.3 is 0 Å². The van der Waals surface area contributed by atoms with Crippen LogP contribution in [0.15, 0.2) is 24.3 Å². The molecule has 1 heterocycles. The van der Waals surface area contributed by atoms with Crippen LogP contribution in [-0.4, -0.2) is 22.3 Å². The van der Waals surface area contributed by atoms with Crippen LogP contribution in [0.2, 0.25) is 5.02 Å². The standard InChI is InChI=1S/C15H20ClN3OS/c1-15(2,3)17-9-8-13-18-19-14(21-13)10-20-12-6-4-11(16)5-7-12/h4-7,17H,8-10H2,1-3H3. The highest BCUT2D eigenvalue weighted by Gasteiger charge is 2.10. The van der Waals surface area contributed by atoms with Gasteiger partial charge in [-0.05, 0) is 45.0 Å². The molecule has 0 unspecified atom stereocenters. The van der Waals surface area contributed by atoms with Gasteiger partial charge in [0.25, 0.3) is 0 Å². The van der Waals surface area contributed by atoms with Crippen LogP contribution in [-0.2, 0) is 13.0 Å². The number of ether oxygens (including phenoxy) is 1. The first-order valence-electron chi connectivity index (χ1n) is 6.87. The van der Waals surface area contributed by atoms with Gasteiger partial charge in [0.15, 0.2) is 5.01 Å². The highest BCUT2D eigenvalue weighted by atomic mass is 35.5. The number of aromatic nitrogens is 2. The Morgan fingerprint density at radius 2 is 1.81 bits per heavy atom. The molecule has 1 aromatic carbocycles. The first kappa shape index (κ1) is 16.2. The van der Waals surface area contributed by atoms with E-state index < -0.39 is 0 Å². The maximum absolute atomic E-state index is 5.83. The lowest BCUT2D eigenvalue weighted by Crippen LogP contribution is -2.37. The van der Waals surface area contributed by atoms with Crippen molar-refractivity contribution in [1.29, 1.82) is 0 Å². The van der Waals surface area contributed by atoms with Gasteiger partial charge in [0.05, 0.1) is 0 Å². The number of rotatable bonds is 6. The third kappa shape index (κ3) is 5.99. The summed E-state index contributed by atoms with van der Waals surface area (Å²) in [6, 6.07) is 7.30. The molecule has 0 radical (unpaired) electrons. The van der Waals surface area contributed by atoms with Crippen molar-refractivity contribution >= 4 is 22.9 Å². The van der Waals surface area contributed by atoms with E-state index in [1.165, 1.54) is 0 Å². The topological polar surface area (TPSA) is 47.0 Å². The Labute approximate surface area is 134 Å². The molecule has 0 atom stereocenters. The van der Waals surface area contributed by atoms with Gasteiger partial charge in [-0.1, -0.05) is 22.9 Å². The molecule has 21 heavy (non-hydrogen) atoms. The third-order valence-electron chi connectivity index (χ3n) is 2.68. The minimum atomic E-state index is 0.130. The number of hydrogen-bond acceptors (Lipinski definition) is 5. The molecule has 0 aliphatic heterocycles. The lowest BCUT2D eigenvalue weighted by molar-refractivity contribution is 0.304. The van der Waals surface area contributed by atoms with E-state index in [-0.39, 0.29) is 5.54 Å². The summed E-state index contributed by atoms with van der Waals surface area (Å²) in [6.07, 6.45) is 0.885. The smallest absolute Gasteiger partial charge is 0.155 e. The van der Waals surface area contributed by atoms with Gasteiger partial charge in [-0.3, -0.25) is 0 Å². The molecule has 6 heteroatoms. The quantitative estimate of drug-likeness (QED) is 0.879. The van der Waals surface area contributed by atoms with Crippen molar-refractivity contribution in [2.24, 2.45) is 0 Å². The second-order valence-electron chi connectivity index (χ2n) is 5.76. The van der Waals surface area contributed by atoms with E-state index in [0.29, 0.717) is 11.6 Å². The summed E-state index contributed by atoms with van der Waals surface area (Å²) in [4.78, 5) is 0. The summed E-state index contributed by atoms with van der Waals surface area (Å²) in [5.41, 5.74) is 0.130. The second kappa shape index (κ2) is 7.20. The average Bonchev–Trinajstić information content (AvgIpc) is 2.85. The van der Waals surface area contributed by atoms with Crippen molar-refractivity contribution in [3.8, 4) is 5.75 Å². The van der Waals surface area contributed by atoms with Gasteiger partial charge in [0.2, 0.25) is 0 Å². The van der Waals surface area contributed by atoms with E-state index in [4.69, 9.17) is 16.3 Å². The molecule has 2 aromatic rings. The molecule has 2 rings (SSSR count). The average molecular weight is 326 g/mol. The fourth-order valence-electron chi connectivity index (χ4n) is 1.67. The van der Waals surface area contributed by atoms with E-state index >= 15 is 0 Å². The summed E-state index contributed by atoms with van der Waals surface area (Å²) < 4.78 is 5.65. The maximum Gasteiger partial charge on any atom is 0.155 e. The number of nitrogens with zero attached hydrogens (tertiary/aromatic N) is 2. The Bertz CT molecular complexity index is 563. The first-order valence-corrected chi connectivity index (χ1v) is 8.06. The van der Waals surface area contributed by atoms with Crippen LogP contribution in [0.3, 0.4) is 0 Å². The Morgan fingerprint density at radius 1 is 1.14 bits per heavy atom. The molecule has 1 aromatic heterocycles. The lowest BCUT2D eigenvalue weighted by atomic mass is 10.1. The number of halogens is 1. The van der Waals surface area contributed by atoms with Crippen LogP contribution in [0.1, 0.15) is 30.8 Å². The first-order chi connectivity index (χ1) is 9.92. The van der Waals surface area contributed by atoms with E-state index in [0.717, 1.165) is 28.7 Å². The van der Waals surface area contributed by atoms with Crippen molar-refractivity contribution in [1.82, 2.24) is 15.5 Å². The van der Waals surface area contributed by atoms with Crippen LogP contribution < -0.4 is 10.1 Å². The summed E-state index contributed by atoms with van der Waals surface area (Å²) in [6.45, 7) is 7.79. The number of benzene rings is 1. The fraction of sp³-hybridized carbons (Fsp3) is 0.467. The molecule has 0 aliphatic carbocycles. The Morgan fingerprint density at radius 3 is 2.48 bits per heavy atom. The zero-order valence-corrected chi connectivity index (χ0v) is 14.1. The number of nitrogens with one attached hydrogen (secondary N) is 1. The highest BCUT2D eigenvalue weighted by Crippen LogP contribution is 2.18. The van der Waals surface area contributed by atoms with Gasteiger partial charge in [0, 0.05) is 23.5 Å². The normalized spacial score (nSPS) is 11.6. The van der Waals surface area contributed by atoms with Crippen molar-refractivity contribution in [3.05, 3.63) is 39.3 Å². The van der Waals surface area contributed by atoms with Gasteiger partial charge < -0.3 is 10.1 Å². The zero-order chi connectivity index (χ0) is 15.3. The van der Waals surface area contributed by atoms with Gasteiger partial charge in [-0.2, -0.15) is 0 Å². The predicted octanol–water partition coefficient (Wildman–Crippen LogP) is 3.70. The van der Waals surface area contributed by atoms with Crippen LogP contribution in [0, 0.1) is 0 Å². The van der Waals surface area contributed by atoms with Gasteiger partial charge in [0.1, 0.15) is 17.4 Å². The Hall–Kier alpha value is -1.17. The third-order valence-corrected chi connectivity index (χ3v) is 3.89.